The predicted octanol–water partition coefficient (Wildman–Crippen LogP) is 2.02. The van der Waals surface area contributed by atoms with E-state index in [1.807, 2.05) is 7.11 Å². The van der Waals surface area contributed by atoms with Crippen LogP contribution in [0, 0.1) is 5.92 Å². The molecule has 0 aromatic carbocycles. The first-order valence-corrected chi connectivity index (χ1v) is 7.83. The molecule has 0 aromatic heterocycles. The van der Waals surface area contributed by atoms with Crippen molar-refractivity contribution in [3.8, 4) is 0 Å². The first-order valence-electron chi connectivity index (χ1n) is 7.83. The first-order chi connectivity index (χ1) is 8.81. The minimum absolute atomic E-state index is 0.516. The van der Waals surface area contributed by atoms with Crippen LogP contribution in [-0.2, 0) is 4.74 Å². The SMILES string of the molecule is CCC1CNC(C2CC2)CN1C1CCC(OC)C1. The van der Waals surface area contributed by atoms with Gasteiger partial charge in [-0.3, -0.25) is 4.90 Å². The average Bonchev–Trinajstić information content (AvgIpc) is 3.16. The Morgan fingerprint density at radius 3 is 2.67 bits per heavy atom. The maximum Gasteiger partial charge on any atom is 0.0586 e. The lowest BCUT2D eigenvalue weighted by Crippen LogP contribution is -2.59. The lowest BCUT2D eigenvalue weighted by Gasteiger charge is -2.44. The molecular formula is C15H28N2O. The fourth-order valence-electron chi connectivity index (χ4n) is 3.92. The lowest BCUT2D eigenvalue weighted by molar-refractivity contribution is 0.0577. The van der Waals surface area contributed by atoms with Gasteiger partial charge in [-0.15, -0.1) is 0 Å². The van der Waals surface area contributed by atoms with E-state index in [0.29, 0.717) is 6.10 Å². The lowest BCUT2D eigenvalue weighted by atomic mass is 10.0. The van der Waals surface area contributed by atoms with Gasteiger partial charge >= 0.3 is 0 Å². The Morgan fingerprint density at radius 1 is 1.22 bits per heavy atom. The van der Waals surface area contributed by atoms with Gasteiger partial charge in [0.1, 0.15) is 0 Å². The zero-order valence-electron chi connectivity index (χ0n) is 11.9. The van der Waals surface area contributed by atoms with Gasteiger partial charge in [-0.05, 0) is 44.4 Å². The molecule has 18 heavy (non-hydrogen) atoms. The second-order valence-electron chi connectivity index (χ2n) is 6.44. The van der Waals surface area contributed by atoms with Crippen LogP contribution in [0.5, 0.6) is 0 Å². The number of nitrogens with one attached hydrogen (secondary N) is 1. The molecule has 3 rings (SSSR count). The van der Waals surface area contributed by atoms with Crippen molar-refractivity contribution >= 4 is 0 Å². The molecule has 1 saturated heterocycles. The molecule has 2 aliphatic carbocycles. The van der Waals surface area contributed by atoms with Crippen molar-refractivity contribution in [1.82, 2.24) is 10.2 Å². The number of rotatable bonds is 4. The van der Waals surface area contributed by atoms with Crippen LogP contribution in [-0.4, -0.2) is 49.3 Å². The Balaban J connectivity index is 1.62. The molecule has 0 aromatic rings. The number of methoxy groups -OCH3 is 1. The highest BCUT2D eigenvalue weighted by molar-refractivity contribution is 4.97. The van der Waals surface area contributed by atoms with E-state index in [1.165, 1.54) is 51.6 Å². The molecule has 0 spiro atoms. The van der Waals surface area contributed by atoms with Crippen LogP contribution in [0.2, 0.25) is 0 Å². The number of hydrogen-bond donors (Lipinski definition) is 1. The third-order valence-electron chi connectivity index (χ3n) is 5.31. The third-order valence-corrected chi connectivity index (χ3v) is 5.31. The Hall–Kier alpha value is -0.120. The Labute approximate surface area is 111 Å². The second kappa shape index (κ2) is 5.48. The van der Waals surface area contributed by atoms with Crippen LogP contribution in [0.4, 0.5) is 0 Å². The summed E-state index contributed by atoms with van der Waals surface area (Å²) in [5, 5.41) is 3.79. The van der Waals surface area contributed by atoms with Crippen molar-refractivity contribution in [1.29, 1.82) is 0 Å². The van der Waals surface area contributed by atoms with Crippen LogP contribution in [0.1, 0.15) is 45.4 Å². The van der Waals surface area contributed by atoms with Gasteiger partial charge in [-0.25, -0.2) is 0 Å². The summed E-state index contributed by atoms with van der Waals surface area (Å²) in [5.74, 6) is 0.977. The van der Waals surface area contributed by atoms with Gasteiger partial charge in [0, 0.05) is 38.3 Å². The van der Waals surface area contributed by atoms with Gasteiger partial charge in [0.25, 0.3) is 0 Å². The Bertz CT molecular complexity index is 280. The molecule has 3 nitrogen and oxygen atoms in total. The summed E-state index contributed by atoms with van der Waals surface area (Å²) < 4.78 is 5.55. The largest absolute Gasteiger partial charge is 0.381 e. The summed E-state index contributed by atoms with van der Waals surface area (Å²) in [6, 6.07) is 2.30. The highest BCUT2D eigenvalue weighted by Crippen LogP contribution is 2.36. The number of ether oxygens (including phenoxy) is 1. The highest BCUT2D eigenvalue weighted by atomic mass is 16.5. The normalized spacial score (nSPS) is 42.3. The van der Waals surface area contributed by atoms with E-state index in [0.717, 1.165) is 24.0 Å². The quantitative estimate of drug-likeness (QED) is 0.828. The van der Waals surface area contributed by atoms with Gasteiger partial charge in [-0.2, -0.15) is 0 Å². The zero-order valence-corrected chi connectivity index (χ0v) is 11.9. The van der Waals surface area contributed by atoms with E-state index >= 15 is 0 Å². The van der Waals surface area contributed by atoms with Gasteiger partial charge in [0.15, 0.2) is 0 Å². The van der Waals surface area contributed by atoms with E-state index in [9.17, 15) is 0 Å². The van der Waals surface area contributed by atoms with E-state index < -0.39 is 0 Å². The minimum atomic E-state index is 0.516. The average molecular weight is 252 g/mol. The van der Waals surface area contributed by atoms with Crippen LogP contribution >= 0.6 is 0 Å². The van der Waals surface area contributed by atoms with Crippen LogP contribution in [0.3, 0.4) is 0 Å². The second-order valence-corrected chi connectivity index (χ2v) is 6.44. The van der Waals surface area contributed by atoms with Crippen LogP contribution in [0.25, 0.3) is 0 Å². The van der Waals surface area contributed by atoms with Gasteiger partial charge in [-0.1, -0.05) is 6.92 Å². The maximum absolute atomic E-state index is 5.55. The molecule has 0 bridgehead atoms. The fraction of sp³-hybridized carbons (Fsp3) is 1.00. The summed E-state index contributed by atoms with van der Waals surface area (Å²) in [6.07, 6.45) is 8.55. The first kappa shape index (κ1) is 12.9. The van der Waals surface area contributed by atoms with E-state index in [4.69, 9.17) is 4.74 Å². The summed E-state index contributed by atoms with van der Waals surface area (Å²) in [7, 11) is 1.87. The number of nitrogens with zero attached hydrogens (tertiary/aromatic N) is 1. The van der Waals surface area contributed by atoms with Crippen LogP contribution in [0.15, 0.2) is 0 Å². The molecule has 1 heterocycles. The van der Waals surface area contributed by atoms with Crippen LogP contribution < -0.4 is 5.32 Å². The molecule has 1 N–H and O–H groups in total. The Kier molecular flexibility index (Phi) is 3.92. The summed E-state index contributed by atoms with van der Waals surface area (Å²) >= 11 is 0. The molecule has 4 atom stereocenters. The molecular weight excluding hydrogens is 224 g/mol. The molecule has 0 radical (unpaired) electrons. The topological polar surface area (TPSA) is 24.5 Å². The van der Waals surface area contributed by atoms with Gasteiger partial charge in [0.05, 0.1) is 6.10 Å². The van der Waals surface area contributed by atoms with Crippen molar-refractivity contribution in [3.63, 3.8) is 0 Å². The standard InChI is InChI=1S/C15H28N2O/c1-3-12-9-16-15(11-4-5-11)10-17(12)13-6-7-14(8-13)18-2/h11-16H,3-10H2,1-2H3. The summed E-state index contributed by atoms with van der Waals surface area (Å²) in [5.41, 5.74) is 0. The highest BCUT2D eigenvalue weighted by Gasteiger charge is 2.40. The zero-order chi connectivity index (χ0) is 12.5. The summed E-state index contributed by atoms with van der Waals surface area (Å²) in [4.78, 5) is 2.82. The molecule has 2 saturated carbocycles. The minimum Gasteiger partial charge on any atom is -0.381 e. The number of piperazine rings is 1. The molecule has 104 valence electrons. The van der Waals surface area contributed by atoms with Gasteiger partial charge in [0.2, 0.25) is 0 Å². The molecule has 3 heteroatoms. The maximum atomic E-state index is 5.55. The molecule has 1 aliphatic heterocycles. The summed E-state index contributed by atoms with van der Waals surface area (Å²) in [6.45, 7) is 4.82. The van der Waals surface area contributed by atoms with Crippen molar-refractivity contribution in [2.75, 3.05) is 20.2 Å². The smallest absolute Gasteiger partial charge is 0.0586 e. The third kappa shape index (κ3) is 2.59. The van der Waals surface area contributed by atoms with Crippen molar-refractivity contribution in [3.05, 3.63) is 0 Å². The Morgan fingerprint density at radius 2 is 2.06 bits per heavy atom. The monoisotopic (exact) mass is 252 g/mol. The van der Waals surface area contributed by atoms with Gasteiger partial charge < -0.3 is 10.1 Å². The van der Waals surface area contributed by atoms with Crippen molar-refractivity contribution in [2.24, 2.45) is 5.92 Å². The van der Waals surface area contributed by atoms with E-state index in [1.54, 1.807) is 0 Å². The predicted molar refractivity (Wildman–Crippen MR) is 73.7 cm³/mol. The van der Waals surface area contributed by atoms with E-state index in [2.05, 4.69) is 17.1 Å². The van der Waals surface area contributed by atoms with Crippen molar-refractivity contribution < 1.29 is 4.74 Å². The van der Waals surface area contributed by atoms with Crippen molar-refractivity contribution in [2.45, 2.75) is 69.7 Å². The number of hydrogen-bond acceptors (Lipinski definition) is 3. The fourth-order valence-corrected chi connectivity index (χ4v) is 3.92. The molecule has 3 aliphatic rings. The van der Waals surface area contributed by atoms with E-state index in [-0.39, 0.29) is 0 Å². The molecule has 4 unspecified atom stereocenters. The molecule has 3 fully saturated rings. The molecule has 0 amide bonds.